The lowest BCUT2D eigenvalue weighted by atomic mass is 10.0. The van der Waals surface area contributed by atoms with Gasteiger partial charge in [-0.3, -0.25) is 9.89 Å². The summed E-state index contributed by atoms with van der Waals surface area (Å²) in [6.07, 6.45) is 0.806. The number of carbonyl (C=O) groups excluding carboxylic acids is 1. The van der Waals surface area contributed by atoms with E-state index < -0.39 is 0 Å². The molecule has 1 aromatic heterocycles. The molecule has 2 aromatic rings. The molecular formula is C18H22N4O2. The quantitative estimate of drug-likeness (QED) is 0.880. The van der Waals surface area contributed by atoms with E-state index in [-0.39, 0.29) is 18.1 Å². The molecule has 1 fully saturated rings. The molecule has 2 N–H and O–H groups in total. The van der Waals surface area contributed by atoms with Gasteiger partial charge in [0, 0.05) is 30.8 Å². The van der Waals surface area contributed by atoms with E-state index in [1.165, 1.54) is 0 Å². The Labute approximate surface area is 141 Å². The van der Waals surface area contributed by atoms with Gasteiger partial charge in [0.25, 0.3) is 5.91 Å². The zero-order valence-electron chi connectivity index (χ0n) is 13.8. The van der Waals surface area contributed by atoms with Gasteiger partial charge in [-0.15, -0.1) is 0 Å². The minimum atomic E-state index is -0.0840. The zero-order chi connectivity index (χ0) is 16.5. The number of amides is 1. The monoisotopic (exact) mass is 326 g/mol. The molecule has 0 spiro atoms. The molecule has 2 aliphatic heterocycles. The lowest BCUT2D eigenvalue weighted by Crippen LogP contribution is -2.48. The number of H-pyrrole nitrogens is 1. The average molecular weight is 326 g/mol. The third-order valence-corrected chi connectivity index (χ3v) is 4.87. The van der Waals surface area contributed by atoms with Gasteiger partial charge in [-0.25, -0.2) is 0 Å². The maximum atomic E-state index is 13.1. The number of hydrogen-bond acceptors (Lipinski definition) is 4. The van der Waals surface area contributed by atoms with Crippen LogP contribution in [0, 0.1) is 0 Å². The van der Waals surface area contributed by atoms with Gasteiger partial charge in [0.15, 0.2) is 5.69 Å². The first kappa shape index (κ1) is 15.4. The Morgan fingerprint density at radius 3 is 3.00 bits per heavy atom. The predicted octanol–water partition coefficient (Wildman–Crippen LogP) is 1.66. The molecule has 3 heterocycles. The molecule has 1 aromatic carbocycles. The van der Waals surface area contributed by atoms with Gasteiger partial charge in [-0.05, 0) is 12.5 Å². The normalized spacial score (nSPS) is 23.8. The molecule has 2 atom stereocenters. The van der Waals surface area contributed by atoms with Crippen LogP contribution >= 0.6 is 0 Å². The third kappa shape index (κ3) is 2.72. The molecule has 2 unspecified atom stereocenters. The number of fused-ring (bicyclic) bond motifs is 1. The van der Waals surface area contributed by atoms with Crippen LogP contribution in [-0.4, -0.2) is 46.7 Å². The summed E-state index contributed by atoms with van der Waals surface area (Å²) < 4.78 is 5.95. The lowest BCUT2D eigenvalue weighted by molar-refractivity contribution is -0.0488. The topological polar surface area (TPSA) is 70.2 Å². The Hall–Kier alpha value is -2.18. The van der Waals surface area contributed by atoms with Crippen LogP contribution in [0.3, 0.4) is 0 Å². The second kappa shape index (κ2) is 6.37. The summed E-state index contributed by atoms with van der Waals surface area (Å²) in [5, 5.41) is 10.7. The highest BCUT2D eigenvalue weighted by atomic mass is 16.5. The summed E-state index contributed by atoms with van der Waals surface area (Å²) in [5.74, 6) is -0.00655. The van der Waals surface area contributed by atoms with Gasteiger partial charge in [0.2, 0.25) is 0 Å². The van der Waals surface area contributed by atoms with E-state index >= 15 is 0 Å². The molecule has 0 bridgehead atoms. The van der Waals surface area contributed by atoms with E-state index in [2.05, 4.69) is 15.5 Å². The molecule has 2 aliphatic rings. The van der Waals surface area contributed by atoms with Crippen molar-refractivity contribution in [3.8, 4) is 0 Å². The zero-order valence-corrected chi connectivity index (χ0v) is 13.8. The Balaban J connectivity index is 1.57. The molecule has 0 radical (unpaired) electrons. The smallest absolute Gasteiger partial charge is 0.275 e. The molecule has 1 amide bonds. The molecule has 0 saturated carbocycles. The van der Waals surface area contributed by atoms with Crippen molar-refractivity contribution in [2.24, 2.45) is 0 Å². The Morgan fingerprint density at radius 2 is 2.17 bits per heavy atom. The second-order valence-corrected chi connectivity index (χ2v) is 6.50. The van der Waals surface area contributed by atoms with E-state index in [0.29, 0.717) is 25.4 Å². The largest absolute Gasteiger partial charge is 0.370 e. The van der Waals surface area contributed by atoms with Gasteiger partial charge < -0.3 is 15.0 Å². The van der Waals surface area contributed by atoms with Crippen LogP contribution < -0.4 is 5.32 Å². The first-order valence-corrected chi connectivity index (χ1v) is 8.48. The van der Waals surface area contributed by atoms with Crippen LogP contribution in [0.1, 0.15) is 40.3 Å². The summed E-state index contributed by atoms with van der Waals surface area (Å²) in [6, 6.07) is 10.1. The van der Waals surface area contributed by atoms with Crippen molar-refractivity contribution in [2.45, 2.75) is 32.0 Å². The Morgan fingerprint density at radius 1 is 1.33 bits per heavy atom. The summed E-state index contributed by atoms with van der Waals surface area (Å²) in [6.45, 7) is 4.74. The van der Waals surface area contributed by atoms with Crippen molar-refractivity contribution >= 4 is 5.91 Å². The number of morpholine rings is 1. The molecule has 1 saturated heterocycles. The summed E-state index contributed by atoms with van der Waals surface area (Å²) in [7, 11) is 0. The SMILES string of the molecule is CC1COC(c2ccccc2)CN1C(=O)c1n[nH]c2c1CNCC2. The van der Waals surface area contributed by atoms with Gasteiger partial charge in [0.05, 0.1) is 19.2 Å². The van der Waals surface area contributed by atoms with Crippen LogP contribution in [-0.2, 0) is 17.7 Å². The fraction of sp³-hybridized carbons (Fsp3) is 0.444. The Kier molecular flexibility index (Phi) is 4.08. The van der Waals surface area contributed by atoms with Crippen molar-refractivity contribution < 1.29 is 9.53 Å². The number of benzene rings is 1. The number of nitrogens with zero attached hydrogens (tertiary/aromatic N) is 2. The number of aromatic nitrogens is 2. The minimum Gasteiger partial charge on any atom is -0.370 e. The highest BCUT2D eigenvalue weighted by Gasteiger charge is 2.34. The first-order valence-electron chi connectivity index (χ1n) is 8.48. The number of aromatic amines is 1. The highest BCUT2D eigenvalue weighted by molar-refractivity contribution is 5.94. The molecule has 126 valence electrons. The fourth-order valence-corrected chi connectivity index (χ4v) is 3.45. The van der Waals surface area contributed by atoms with Crippen LogP contribution in [0.15, 0.2) is 30.3 Å². The molecule has 6 heteroatoms. The molecule has 24 heavy (non-hydrogen) atoms. The lowest BCUT2D eigenvalue weighted by Gasteiger charge is -2.38. The first-order chi connectivity index (χ1) is 11.7. The Bertz CT molecular complexity index is 728. The number of nitrogens with one attached hydrogen (secondary N) is 2. The average Bonchev–Trinajstić information content (AvgIpc) is 3.06. The standard InChI is InChI=1S/C18H22N4O2/c1-12-11-24-16(13-5-3-2-4-6-13)10-22(12)18(23)17-14-9-19-8-7-15(14)20-21-17/h2-6,12,16,19H,7-11H2,1H3,(H,20,21). The summed E-state index contributed by atoms with van der Waals surface area (Å²) in [4.78, 5) is 15.0. The van der Waals surface area contributed by atoms with Crippen molar-refractivity contribution in [1.29, 1.82) is 0 Å². The molecule has 6 nitrogen and oxygen atoms in total. The number of hydrogen-bond donors (Lipinski definition) is 2. The van der Waals surface area contributed by atoms with Crippen LogP contribution in [0.25, 0.3) is 0 Å². The maximum Gasteiger partial charge on any atom is 0.275 e. The van der Waals surface area contributed by atoms with Crippen molar-refractivity contribution in [1.82, 2.24) is 20.4 Å². The van der Waals surface area contributed by atoms with E-state index in [1.54, 1.807) is 0 Å². The molecular weight excluding hydrogens is 304 g/mol. The number of carbonyl (C=O) groups is 1. The third-order valence-electron chi connectivity index (χ3n) is 4.87. The van der Waals surface area contributed by atoms with Crippen molar-refractivity contribution in [3.05, 3.63) is 52.8 Å². The van der Waals surface area contributed by atoms with E-state index in [1.807, 2.05) is 42.2 Å². The van der Waals surface area contributed by atoms with Crippen LogP contribution in [0.4, 0.5) is 0 Å². The van der Waals surface area contributed by atoms with E-state index in [0.717, 1.165) is 29.8 Å². The second-order valence-electron chi connectivity index (χ2n) is 6.50. The van der Waals surface area contributed by atoms with E-state index in [4.69, 9.17) is 4.74 Å². The van der Waals surface area contributed by atoms with Crippen LogP contribution in [0.5, 0.6) is 0 Å². The highest BCUT2D eigenvalue weighted by Crippen LogP contribution is 2.27. The number of ether oxygens (including phenoxy) is 1. The maximum absolute atomic E-state index is 13.1. The fourth-order valence-electron chi connectivity index (χ4n) is 3.45. The molecule has 4 rings (SSSR count). The summed E-state index contributed by atoms with van der Waals surface area (Å²) >= 11 is 0. The van der Waals surface area contributed by atoms with Gasteiger partial charge in [-0.1, -0.05) is 30.3 Å². The predicted molar refractivity (Wildman–Crippen MR) is 89.6 cm³/mol. The minimum absolute atomic E-state index is 0.00655. The number of rotatable bonds is 2. The van der Waals surface area contributed by atoms with Crippen molar-refractivity contribution in [3.63, 3.8) is 0 Å². The summed E-state index contributed by atoms with van der Waals surface area (Å²) in [5.41, 5.74) is 3.75. The van der Waals surface area contributed by atoms with Gasteiger partial charge in [-0.2, -0.15) is 5.10 Å². The van der Waals surface area contributed by atoms with E-state index in [9.17, 15) is 4.79 Å². The van der Waals surface area contributed by atoms with Gasteiger partial charge >= 0.3 is 0 Å². The van der Waals surface area contributed by atoms with Gasteiger partial charge in [0.1, 0.15) is 6.10 Å². The van der Waals surface area contributed by atoms with Crippen molar-refractivity contribution in [2.75, 3.05) is 19.7 Å². The molecule has 0 aliphatic carbocycles. The van der Waals surface area contributed by atoms with Crippen LogP contribution in [0.2, 0.25) is 0 Å².